The normalized spacial score (nSPS) is 18.8. The number of amides is 1. The number of methoxy groups -OCH3 is 1. The van der Waals surface area contributed by atoms with Crippen LogP contribution in [-0.2, 0) is 15.1 Å². The Morgan fingerprint density at radius 3 is 2.80 bits per heavy atom. The Morgan fingerprint density at radius 1 is 1.50 bits per heavy atom. The van der Waals surface area contributed by atoms with Crippen LogP contribution >= 0.6 is 11.6 Å². The van der Waals surface area contributed by atoms with Crippen molar-refractivity contribution in [3.05, 3.63) is 34.9 Å². The summed E-state index contributed by atoms with van der Waals surface area (Å²) < 4.78 is 4.94. The van der Waals surface area contributed by atoms with Crippen LogP contribution in [0.1, 0.15) is 31.2 Å². The number of benzene rings is 1. The first-order chi connectivity index (χ1) is 9.57. The van der Waals surface area contributed by atoms with Crippen LogP contribution in [0.4, 0.5) is 0 Å². The minimum atomic E-state index is -0.642. The number of rotatable bonds is 5. The number of nitrogens with one attached hydrogen (secondary N) is 1. The first kappa shape index (κ1) is 15.3. The molecule has 2 rings (SSSR count). The van der Waals surface area contributed by atoms with Gasteiger partial charge in [0, 0.05) is 12.1 Å². The Labute approximate surface area is 124 Å². The van der Waals surface area contributed by atoms with E-state index in [4.69, 9.17) is 22.1 Å². The highest BCUT2D eigenvalue weighted by atomic mass is 35.5. The molecule has 1 aromatic rings. The van der Waals surface area contributed by atoms with Gasteiger partial charge in [-0.1, -0.05) is 36.6 Å². The predicted octanol–water partition coefficient (Wildman–Crippen LogP) is 2.20. The summed E-state index contributed by atoms with van der Waals surface area (Å²) in [5.41, 5.74) is 6.53. The molecule has 0 aromatic heterocycles. The van der Waals surface area contributed by atoms with E-state index in [1.165, 1.54) is 7.11 Å². The summed E-state index contributed by atoms with van der Waals surface area (Å²) in [5, 5.41) is 3.80. The van der Waals surface area contributed by atoms with Crippen LogP contribution < -0.4 is 11.1 Å². The summed E-state index contributed by atoms with van der Waals surface area (Å²) in [5.74, 6) is -0.172. The molecule has 1 aliphatic rings. The molecule has 1 atom stereocenters. The molecule has 0 aliphatic heterocycles. The SMILES string of the molecule is COCC(N)C(=O)NC1(c2cccc(Cl)c2)CCCC1. The van der Waals surface area contributed by atoms with E-state index in [0.29, 0.717) is 5.02 Å². The standard InChI is InChI=1S/C15H21ClN2O2/c1-20-10-13(17)14(19)18-15(7-2-3-8-15)11-5-4-6-12(16)9-11/h4-6,9,13H,2-3,7-8,10,17H2,1H3,(H,18,19). The van der Waals surface area contributed by atoms with E-state index >= 15 is 0 Å². The lowest BCUT2D eigenvalue weighted by Gasteiger charge is -2.32. The van der Waals surface area contributed by atoms with Crippen LogP contribution in [0.2, 0.25) is 5.02 Å². The molecule has 110 valence electrons. The largest absolute Gasteiger partial charge is 0.383 e. The second kappa shape index (κ2) is 6.57. The third-order valence-corrected chi connectivity index (χ3v) is 4.11. The summed E-state index contributed by atoms with van der Waals surface area (Å²) in [7, 11) is 1.54. The van der Waals surface area contributed by atoms with E-state index in [2.05, 4.69) is 5.32 Å². The highest BCUT2D eigenvalue weighted by molar-refractivity contribution is 6.30. The second-order valence-electron chi connectivity index (χ2n) is 5.35. The summed E-state index contributed by atoms with van der Waals surface area (Å²) in [6.07, 6.45) is 4.01. The fraction of sp³-hybridized carbons (Fsp3) is 0.533. The van der Waals surface area contributed by atoms with E-state index in [-0.39, 0.29) is 18.1 Å². The maximum Gasteiger partial charge on any atom is 0.239 e. The van der Waals surface area contributed by atoms with Crippen molar-refractivity contribution in [1.82, 2.24) is 5.32 Å². The second-order valence-corrected chi connectivity index (χ2v) is 5.79. The van der Waals surface area contributed by atoms with Gasteiger partial charge in [0.15, 0.2) is 0 Å². The lowest BCUT2D eigenvalue weighted by Crippen LogP contribution is -2.52. The molecular weight excluding hydrogens is 276 g/mol. The Morgan fingerprint density at radius 2 is 2.20 bits per heavy atom. The number of halogens is 1. The van der Waals surface area contributed by atoms with E-state index in [0.717, 1.165) is 31.2 Å². The van der Waals surface area contributed by atoms with Gasteiger partial charge in [0.2, 0.25) is 5.91 Å². The number of carbonyl (C=O) groups is 1. The van der Waals surface area contributed by atoms with Gasteiger partial charge >= 0.3 is 0 Å². The van der Waals surface area contributed by atoms with Gasteiger partial charge in [0.25, 0.3) is 0 Å². The molecule has 1 saturated carbocycles. The van der Waals surface area contributed by atoms with E-state index < -0.39 is 6.04 Å². The molecule has 0 radical (unpaired) electrons. The van der Waals surface area contributed by atoms with Gasteiger partial charge < -0.3 is 15.8 Å². The van der Waals surface area contributed by atoms with Crippen molar-refractivity contribution in [1.29, 1.82) is 0 Å². The number of carbonyl (C=O) groups excluding carboxylic acids is 1. The predicted molar refractivity (Wildman–Crippen MR) is 79.6 cm³/mol. The van der Waals surface area contributed by atoms with Gasteiger partial charge in [-0.3, -0.25) is 4.79 Å². The Balaban J connectivity index is 2.20. The Hall–Kier alpha value is -1.10. The Bertz CT molecular complexity index is 473. The minimum absolute atomic E-state index is 0.172. The van der Waals surface area contributed by atoms with Gasteiger partial charge in [0.1, 0.15) is 6.04 Å². The summed E-state index contributed by atoms with van der Waals surface area (Å²) in [4.78, 5) is 12.2. The van der Waals surface area contributed by atoms with Gasteiger partial charge in [-0.15, -0.1) is 0 Å². The van der Waals surface area contributed by atoms with Gasteiger partial charge in [-0.2, -0.15) is 0 Å². The quantitative estimate of drug-likeness (QED) is 0.875. The molecule has 4 nitrogen and oxygen atoms in total. The van der Waals surface area contributed by atoms with Crippen molar-refractivity contribution < 1.29 is 9.53 Å². The molecule has 1 aromatic carbocycles. The van der Waals surface area contributed by atoms with Gasteiger partial charge in [-0.25, -0.2) is 0 Å². The van der Waals surface area contributed by atoms with Crippen LogP contribution in [0.15, 0.2) is 24.3 Å². The topological polar surface area (TPSA) is 64.3 Å². The number of ether oxygens (including phenoxy) is 1. The third-order valence-electron chi connectivity index (χ3n) is 3.88. The van der Waals surface area contributed by atoms with Crippen molar-refractivity contribution in [2.24, 2.45) is 5.73 Å². The summed E-state index contributed by atoms with van der Waals surface area (Å²) >= 11 is 6.08. The lowest BCUT2D eigenvalue weighted by atomic mass is 9.88. The molecular formula is C15H21ClN2O2. The van der Waals surface area contributed by atoms with E-state index in [1.807, 2.05) is 24.3 Å². The highest BCUT2D eigenvalue weighted by Crippen LogP contribution is 2.39. The molecule has 1 unspecified atom stereocenters. The molecule has 0 heterocycles. The molecule has 1 amide bonds. The lowest BCUT2D eigenvalue weighted by molar-refractivity contribution is -0.125. The van der Waals surface area contributed by atoms with Crippen molar-refractivity contribution in [2.75, 3.05) is 13.7 Å². The number of hydrogen-bond donors (Lipinski definition) is 2. The highest BCUT2D eigenvalue weighted by Gasteiger charge is 2.38. The molecule has 5 heteroatoms. The first-order valence-electron chi connectivity index (χ1n) is 6.90. The molecule has 1 fully saturated rings. The van der Waals surface area contributed by atoms with E-state index in [9.17, 15) is 4.79 Å². The fourth-order valence-electron chi connectivity index (χ4n) is 2.83. The minimum Gasteiger partial charge on any atom is -0.383 e. The van der Waals surface area contributed by atoms with Crippen LogP contribution in [0, 0.1) is 0 Å². The summed E-state index contributed by atoms with van der Waals surface area (Å²) in [6, 6.07) is 7.05. The van der Waals surface area contributed by atoms with Crippen LogP contribution in [-0.4, -0.2) is 25.7 Å². The number of hydrogen-bond acceptors (Lipinski definition) is 3. The fourth-order valence-corrected chi connectivity index (χ4v) is 3.02. The monoisotopic (exact) mass is 296 g/mol. The first-order valence-corrected chi connectivity index (χ1v) is 7.28. The van der Waals surface area contributed by atoms with Crippen molar-refractivity contribution in [3.8, 4) is 0 Å². The van der Waals surface area contributed by atoms with Gasteiger partial charge in [0.05, 0.1) is 12.1 Å². The molecule has 20 heavy (non-hydrogen) atoms. The molecule has 0 bridgehead atoms. The maximum absolute atomic E-state index is 12.2. The molecule has 1 aliphatic carbocycles. The van der Waals surface area contributed by atoms with Crippen LogP contribution in [0.5, 0.6) is 0 Å². The number of nitrogens with two attached hydrogens (primary N) is 1. The van der Waals surface area contributed by atoms with Crippen molar-refractivity contribution >= 4 is 17.5 Å². The molecule has 3 N–H and O–H groups in total. The van der Waals surface area contributed by atoms with Gasteiger partial charge in [-0.05, 0) is 30.5 Å². The smallest absolute Gasteiger partial charge is 0.239 e. The average Bonchev–Trinajstić information content (AvgIpc) is 2.89. The zero-order valence-corrected chi connectivity index (χ0v) is 12.5. The van der Waals surface area contributed by atoms with E-state index in [1.54, 1.807) is 0 Å². The van der Waals surface area contributed by atoms with Crippen LogP contribution in [0.25, 0.3) is 0 Å². The molecule has 0 saturated heterocycles. The zero-order chi connectivity index (χ0) is 14.6. The van der Waals surface area contributed by atoms with Crippen molar-refractivity contribution in [3.63, 3.8) is 0 Å². The third kappa shape index (κ3) is 3.32. The molecule has 0 spiro atoms. The Kier molecular flexibility index (Phi) is 5.02. The van der Waals surface area contributed by atoms with Crippen molar-refractivity contribution in [2.45, 2.75) is 37.3 Å². The summed E-state index contributed by atoms with van der Waals surface area (Å²) in [6.45, 7) is 0.220. The average molecular weight is 297 g/mol. The maximum atomic E-state index is 12.2. The zero-order valence-electron chi connectivity index (χ0n) is 11.7. The van der Waals surface area contributed by atoms with Crippen LogP contribution in [0.3, 0.4) is 0 Å².